The molecule has 0 bridgehead atoms. The van der Waals surface area contributed by atoms with Gasteiger partial charge in [0.15, 0.2) is 6.10 Å². The van der Waals surface area contributed by atoms with Crippen molar-refractivity contribution in [2.45, 2.75) is 26.4 Å². The van der Waals surface area contributed by atoms with Gasteiger partial charge in [0, 0.05) is 5.69 Å². The van der Waals surface area contributed by atoms with Gasteiger partial charge in [-0.15, -0.1) is 0 Å². The Labute approximate surface area is 167 Å². The number of nitrogens with one attached hydrogen (secondary N) is 2. The third kappa shape index (κ3) is 4.78. The highest BCUT2D eigenvalue weighted by Gasteiger charge is 2.22. The third-order valence-corrected chi connectivity index (χ3v) is 4.23. The molecule has 1 aromatic heterocycles. The number of imidazole rings is 1. The second-order valence-electron chi connectivity index (χ2n) is 6.22. The summed E-state index contributed by atoms with van der Waals surface area (Å²) in [5, 5.41) is 2.69. The molecule has 2 aromatic carbocycles. The average Bonchev–Trinajstić information content (AvgIpc) is 3.20. The Hall–Kier alpha value is -3.68. The zero-order chi connectivity index (χ0) is 20.8. The number of aromatic nitrogens is 2. The predicted octanol–water partition coefficient (Wildman–Crippen LogP) is 3.31. The van der Waals surface area contributed by atoms with E-state index in [0.717, 1.165) is 5.52 Å². The first-order valence-corrected chi connectivity index (χ1v) is 9.24. The van der Waals surface area contributed by atoms with Crippen LogP contribution in [0.25, 0.3) is 11.0 Å². The molecule has 3 aromatic rings. The Kier molecular flexibility index (Phi) is 6.23. The lowest BCUT2D eigenvalue weighted by Gasteiger charge is -2.16. The summed E-state index contributed by atoms with van der Waals surface area (Å²) in [6, 6.07) is 11.2. The Morgan fingerprint density at radius 3 is 2.45 bits per heavy atom. The smallest absolute Gasteiger partial charge is 0.338 e. The van der Waals surface area contributed by atoms with E-state index in [4.69, 9.17) is 9.47 Å². The van der Waals surface area contributed by atoms with Crippen LogP contribution in [0.4, 0.5) is 5.69 Å². The Morgan fingerprint density at radius 2 is 1.76 bits per heavy atom. The zero-order valence-corrected chi connectivity index (χ0v) is 16.1. The fraction of sp³-hybridized carbons (Fsp3) is 0.238. The molecule has 8 heteroatoms. The molecule has 8 nitrogen and oxygen atoms in total. The summed E-state index contributed by atoms with van der Waals surface area (Å²) in [6.07, 6.45) is 0.893. The molecular formula is C21H21N3O5. The lowest BCUT2D eigenvalue weighted by molar-refractivity contribution is -0.124. The third-order valence-electron chi connectivity index (χ3n) is 4.23. The number of benzene rings is 2. The molecule has 0 aliphatic carbocycles. The monoisotopic (exact) mass is 395 g/mol. The van der Waals surface area contributed by atoms with Crippen LogP contribution in [-0.2, 0) is 14.3 Å². The van der Waals surface area contributed by atoms with Crippen molar-refractivity contribution in [1.29, 1.82) is 0 Å². The average molecular weight is 395 g/mol. The highest BCUT2D eigenvalue weighted by Crippen LogP contribution is 2.16. The number of H-pyrrole nitrogens is 1. The van der Waals surface area contributed by atoms with Gasteiger partial charge in [-0.2, -0.15) is 0 Å². The Bertz CT molecular complexity index is 1030. The van der Waals surface area contributed by atoms with E-state index in [9.17, 15) is 14.4 Å². The van der Waals surface area contributed by atoms with Crippen molar-refractivity contribution < 1.29 is 23.9 Å². The summed E-state index contributed by atoms with van der Waals surface area (Å²) in [7, 11) is 0. The van der Waals surface area contributed by atoms with E-state index in [0.29, 0.717) is 28.8 Å². The van der Waals surface area contributed by atoms with Crippen LogP contribution >= 0.6 is 0 Å². The number of ether oxygens (including phenoxy) is 2. The van der Waals surface area contributed by atoms with Gasteiger partial charge in [0.2, 0.25) is 0 Å². The van der Waals surface area contributed by atoms with Crippen molar-refractivity contribution in [3.05, 3.63) is 59.9 Å². The van der Waals surface area contributed by atoms with Crippen LogP contribution in [0.15, 0.2) is 48.8 Å². The van der Waals surface area contributed by atoms with Crippen LogP contribution in [0, 0.1) is 0 Å². The predicted molar refractivity (Wildman–Crippen MR) is 107 cm³/mol. The fourth-order valence-corrected chi connectivity index (χ4v) is 2.71. The van der Waals surface area contributed by atoms with E-state index in [2.05, 4.69) is 15.3 Å². The number of carbonyl (C=O) groups excluding carboxylic acids is 3. The molecule has 0 saturated heterocycles. The molecule has 150 valence electrons. The zero-order valence-electron chi connectivity index (χ0n) is 16.1. The van der Waals surface area contributed by atoms with Gasteiger partial charge in [-0.3, -0.25) is 4.79 Å². The van der Waals surface area contributed by atoms with E-state index in [1.54, 1.807) is 56.3 Å². The summed E-state index contributed by atoms with van der Waals surface area (Å²) >= 11 is 0. The highest BCUT2D eigenvalue weighted by molar-refractivity contribution is 5.99. The van der Waals surface area contributed by atoms with Gasteiger partial charge in [0.25, 0.3) is 5.91 Å². The number of esters is 2. The van der Waals surface area contributed by atoms with Crippen molar-refractivity contribution in [3.8, 4) is 0 Å². The number of hydrogen-bond donors (Lipinski definition) is 2. The summed E-state index contributed by atoms with van der Waals surface area (Å²) in [4.78, 5) is 43.6. The molecule has 0 spiro atoms. The summed E-state index contributed by atoms with van der Waals surface area (Å²) < 4.78 is 10.3. The topological polar surface area (TPSA) is 110 Å². The molecule has 1 heterocycles. The van der Waals surface area contributed by atoms with Gasteiger partial charge in [0.05, 0.1) is 35.1 Å². The van der Waals surface area contributed by atoms with Gasteiger partial charge in [-0.1, -0.05) is 6.92 Å². The molecule has 0 aliphatic rings. The lowest BCUT2D eigenvalue weighted by atomic mass is 10.2. The van der Waals surface area contributed by atoms with Crippen LogP contribution in [0.3, 0.4) is 0 Å². The van der Waals surface area contributed by atoms with Gasteiger partial charge in [-0.25, -0.2) is 14.6 Å². The second kappa shape index (κ2) is 9.01. The maximum absolute atomic E-state index is 12.5. The minimum absolute atomic E-state index is 0.286. The van der Waals surface area contributed by atoms with E-state index >= 15 is 0 Å². The highest BCUT2D eigenvalue weighted by atomic mass is 16.5. The molecule has 0 saturated carbocycles. The van der Waals surface area contributed by atoms with Crippen LogP contribution in [0.1, 0.15) is 41.0 Å². The number of anilines is 1. The van der Waals surface area contributed by atoms with E-state index in [1.807, 2.05) is 0 Å². The molecule has 1 amide bonds. The Morgan fingerprint density at radius 1 is 1.03 bits per heavy atom. The van der Waals surface area contributed by atoms with Gasteiger partial charge in [-0.05, 0) is 55.8 Å². The van der Waals surface area contributed by atoms with E-state index in [-0.39, 0.29) is 6.61 Å². The molecule has 2 N–H and O–H groups in total. The SMILES string of the molecule is CCOC(=O)c1ccc(NC(=O)C(CC)OC(=O)c2ccc3nc[nH]c3c2)cc1. The van der Waals surface area contributed by atoms with Crippen molar-refractivity contribution in [1.82, 2.24) is 9.97 Å². The van der Waals surface area contributed by atoms with Crippen molar-refractivity contribution in [3.63, 3.8) is 0 Å². The van der Waals surface area contributed by atoms with Crippen molar-refractivity contribution >= 4 is 34.6 Å². The lowest BCUT2D eigenvalue weighted by Crippen LogP contribution is -2.32. The van der Waals surface area contributed by atoms with Crippen LogP contribution in [0.5, 0.6) is 0 Å². The maximum atomic E-state index is 12.5. The van der Waals surface area contributed by atoms with Crippen molar-refractivity contribution in [2.75, 3.05) is 11.9 Å². The molecule has 0 aliphatic heterocycles. The normalized spacial score (nSPS) is 11.7. The number of aromatic amines is 1. The first-order chi connectivity index (χ1) is 14.0. The number of fused-ring (bicyclic) bond motifs is 1. The number of amides is 1. The Balaban J connectivity index is 1.63. The number of nitrogens with zero attached hydrogens (tertiary/aromatic N) is 1. The first kappa shape index (κ1) is 20.1. The van der Waals surface area contributed by atoms with Gasteiger partial charge < -0.3 is 19.8 Å². The summed E-state index contributed by atoms with van der Waals surface area (Å²) in [6.45, 7) is 3.76. The number of carbonyl (C=O) groups is 3. The fourth-order valence-electron chi connectivity index (χ4n) is 2.71. The summed E-state index contributed by atoms with van der Waals surface area (Å²) in [5.41, 5.74) is 2.64. The largest absolute Gasteiger partial charge is 0.462 e. The number of rotatable bonds is 7. The molecule has 1 unspecified atom stereocenters. The quantitative estimate of drug-likeness (QED) is 0.594. The standard InChI is InChI=1S/C21H21N3O5/c1-3-18(29-21(27)14-7-10-16-17(11-14)23-12-22-16)19(25)24-15-8-5-13(6-9-15)20(26)28-4-2/h5-12,18H,3-4H2,1-2H3,(H,22,23)(H,24,25). The maximum Gasteiger partial charge on any atom is 0.338 e. The van der Waals surface area contributed by atoms with Gasteiger partial charge >= 0.3 is 11.9 Å². The molecule has 29 heavy (non-hydrogen) atoms. The van der Waals surface area contributed by atoms with Gasteiger partial charge in [0.1, 0.15) is 0 Å². The number of hydrogen-bond acceptors (Lipinski definition) is 6. The van der Waals surface area contributed by atoms with E-state index < -0.39 is 23.9 Å². The molecular weight excluding hydrogens is 374 g/mol. The molecule has 0 radical (unpaired) electrons. The van der Waals surface area contributed by atoms with Crippen LogP contribution in [0.2, 0.25) is 0 Å². The van der Waals surface area contributed by atoms with Crippen LogP contribution in [-0.4, -0.2) is 40.5 Å². The second-order valence-corrected chi connectivity index (χ2v) is 6.22. The molecule has 0 fully saturated rings. The molecule has 1 atom stereocenters. The van der Waals surface area contributed by atoms with Crippen molar-refractivity contribution in [2.24, 2.45) is 0 Å². The molecule has 3 rings (SSSR count). The van der Waals surface area contributed by atoms with E-state index in [1.165, 1.54) is 6.33 Å². The van der Waals surface area contributed by atoms with Crippen LogP contribution < -0.4 is 5.32 Å². The minimum atomic E-state index is -0.954. The minimum Gasteiger partial charge on any atom is -0.462 e. The summed E-state index contributed by atoms with van der Waals surface area (Å²) in [5.74, 6) is -1.48. The first-order valence-electron chi connectivity index (χ1n) is 9.24.